The van der Waals surface area contributed by atoms with E-state index in [9.17, 15) is 22.4 Å². The third-order valence-electron chi connectivity index (χ3n) is 3.72. The van der Waals surface area contributed by atoms with Gasteiger partial charge in [0.15, 0.2) is 17.5 Å². The fourth-order valence-corrected chi connectivity index (χ4v) is 3.42. The maximum absolute atomic E-state index is 13.4. The van der Waals surface area contributed by atoms with Crippen molar-refractivity contribution in [1.82, 2.24) is 10.3 Å². The van der Waals surface area contributed by atoms with Crippen LogP contribution in [0, 0.1) is 5.82 Å². The van der Waals surface area contributed by atoms with E-state index in [1.807, 2.05) is 0 Å². The highest BCUT2D eigenvalue weighted by molar-refractivity contribution is 7.11. The highest BCUT2D eigenvalue weighted by atomic mass is 35.5. The molecule has 148 valence electrons. The number of benzene rings is 1. The molecule has 0 amide bonds. The summed E-state index contributed by atoms with van der Waals surface area (Å²) in [5, 5.41) is 5.05. The van der Waals surface area contributed by atoms with Crippen LogP contribution in [0.1, 0.15) is 23.5 Å². The Labute approximate surface area is 165 Å². The lowest BCUT2D eigenvalue weighted by atomic mass is 9.96. The number of nitrogens with zero attached hydrogens (tertiary/aromatic N) is 2. The van der Waals surface area contributed by atoms with Crippen LogP contribution >= 0.6 is 22.9 Å². The van der Waals surface area contributed by atoms with Crippen LogP contribution in [0.3, 0.4) is 0 Å². The fourth-order valence-electron chi connectivity index (χ4n) is 2.56. The first-order chi connectivity index (χ1) is 13.2. The molecular formula is C17H12ClF4N3O2S. The van der Waals surface area contributed by atoms with Gasteiger partial charge in [-0.1, -0.05) is 17.7 Å². The van der Waals surface area contributed by atoms with Gasteiger partial charge in [-0.3, -0.25) is 4.99 Å². The molecule has 0 bridgehead atoms. The van der Waals surface area contributed by atoms with Gasteiger partial charge >= 0.3 is 12.1 Å². The van der Waals surface area contributed by atoms with Crippen molar-refractivity contribution < 1.29 is 27.1 Å². The van der Waals surface area contributed by atoms with Crippen LogP contribution in [0.25, 0.3) is 0 Å². The Morgan fingerprint density at radius 2 is 2.14 bits per heavy atom. The molecule has 11 heteroatoms. The Hall–Kier alpha value is -2.46. The number of thiazole rings is 1. The molecule has 0 saturated heterocycles. The van der Waals surface area contributed by atoms with Gasteiger partial charge in [0, 0.05) is 27.9 Å². The van der Waals surface area contributed by atoms with Gasteiger partial charge in [-0.2, -0.15) is 13.2 Å². The van der Waals surface area contributed by atoms with E-state index in [0.29, 0.717) is 10.8 Å². The Bertz CT molecular complexity index is 958. The second-order valence-electron chi connectivity index (χ2n) is 5.74. The van der Waals surface area contributed by atoms with E-state index >= 15 is 0 Å². The van der Waals surface area contributed by atoms with Crippen LogP contribution in [-0.2, 0) is 9.53 Å². The van der Waals surface area contributed by atoms with Gasteiger partial charge in [0.1, 0.15) is 11.9 Å². The number of allylic oxidation sites excluding steroid dienone is 1. The van der Waals surface area contributed by atoms with E-state index in [1.165, 1.54) is 24.3 Å². The first kappa shape index (κ1) is 20.3. The standard InChI is InChI=1S/C17H12ClF4N3O2S/c1-8-12(16(26)27-7-17(20,21)22)13(10-3-2-9(19)6-11(10)18)25-14(24-8)15-23-4-5-28-15/h2-6,13H,7H2,1H3,(H,24,25). The third kappa shape index (κ3) is 4.50. The smallest absolute Gasteiger partial charge is 0.422 e. The van der Waals surface area contributed by atoms with Gasteiger partial charge in [0.2, 0.25) is 0 Å². The van der Waals surface area contributed by atoms with E-state index < -0.39 is 30.6 Å². The number of halogens is 5. The van der Waals surface area contributed by atoms with Crippen molar-refractivity contribution in [2.75, 3.05) is 6.61 Å². The van der Waals surface area contributed by atoms with Crippen molar-refractivity contribution in [3.8, 4) is 0 Å². The molecule has 1 aromatic carbocycles. The minimum absolute atomic E-state index is 0.0249. The molecule has 3 rings (SSSR count). The molecule has 0 aliphatic carbocycles. The van der Waals surface area contributed by atoms with Crippen molar-refractivity contribution in [3.05, 3.63) is 62.5 Å². The molecule has 1 N–H and O–H groups in total. The first-order valence-electron chi connectivity index (χ1n) is 7.80. The third-order valence-corrected chi connectivity index (χ3v) is 4.83. The second-order valence-corrected chi connectivity index (χ2v) is 7.04. The summed E-state index contributed by atoms with van der Waals surface area (Å²) in [4.78, 5) is 20.9. The lowest BCUT2D eigenvalue weighted by molar-refractivity contribution is -0.183. The summed E-state index contributed by atoms with van der Waals surface area (Å²) in [6.07, 6.45) is -3.12. The highest BCUT2D eigenvalue weighted by Crippen LogP contribution is 2.36. The lowest BCUT2D eigenvalue weighted by Crippen LogP contribution is -2.33. The average Bonchev–Trinajstić information content (AvgIpc) is 3.13. The second kappa shape index (κ2) is 7.88. The van der Waals surface area contributed by atoms with E-state index in [2.05, 4.69) is 20.0 Å². The molecule has 1 aliphatic heterocycles. The Morgan fingerprint density at radius 3 is 2.75 bits per heavy atom. The number of amidine groups is 1. The van der Waals surface area contributed by atoms with E-state index in [-0.39, 0.29) is 21.9 Å². The molecule has 5 nitrogen and oxygen atoms in total. The maximum atomic E-state index is 13.4. The summed E-state index contributed by atoms with van der Waals surface area (Å²) in [5.41, 5.74) is 0.327. The summed E-state index contributed by atoms with van der Waals surface area (Å²) < 4.78 is 55.2. The molecule has 2 heterocycles. The number of hydrogen-bond donors (Lipinski definition) is 1. The summed E-state index contributed by atoms with van der Waals surface area (Å²) in [7, 11) is 0. The van der Waals surface area contributed by atoms with Gasteiger partial charge in [-0.15, -0.1) is 11.3 Å². The number of aliphatic imine (C=N–C) groups is 1. The van der Waals surface area contributed by atoms with Gasteiger partial charge in [-0.25, -0.2) is 14.2 Å². The molecule has 0 spiro atoms. The largest absolute Gasteiger partial charge is 0.453 e. The summed E-state index contributed by atoms with van der Waals surface area (Å²) >= 11 is 7.38. The van der Waals surface area contributed by atoms with Crippen LogP contribution in [0.4, 0.5) is 17.6 Å². The van der Waals surface area contributed by atoms with E-state index in [1.54, 1.807) is 11.6 Å². The van der Waals surface area contributed by atoms with Crippen molar-refractivity contribution in [2.24, 2.45) is 4.99 Å². The number of aromatic nitrogens is 1. The van der Waals surface area contributed by atoms with Crippen molar-refractivity contribution in [1.29, 1.82) is 0 Å². The van der Waals surface area contributed by atoms with Crippen molar-refractivity contribution in [2.45, 2.75) is 19.1 Å². The molecule has 0 radical (unpaired) electrons. The first-order valence-corrected chi connectivity index (χ1v) is 9.06. The molecule has 1 atom stereocenters. The topological polar surface area (TPSA) is 63.6 Å². The molecule has 1 aliphatic rings. The van der Waals surface area contributed by atoms with Gasteiger partial charge in [0.05, 0.1) is 5.57 Å². The summed E-state index contributed by atoms with van der Waals surface area (Å²) in [5.74, 6) is -1.49. The Morgan fingerprint density at radius 1 is 1.39 bits per heavy atom. The lowest BCUT2D eigenvalue weighted by Gasteiger charge is -2.26. The number of hydrogen-bond acceptors (Lipinski definition) is 6. The zero-order valence-corrected chi connectivity index (χ0v) is 15.8. The predicted molar refractivity (Wildman–Crippen MR) is 95.7 cm³/mol. The number of alkyl halides is 3. The molecule has 0 fully saturated rings. The van der Waals surface area contributed by atoms with Crippen LogP contribution in [0.2, 0.25) is 5.02 Å². The quantitative estimate of drug-likeness (QED) is 0.573. The molecular weight excluding hydrogens is 422 g/mol. The number of carbonyl (C=O) groups excluding carboxylic acids is 1. The zero-order chi connectivity index (χ0) is 20.5. The summed E-state index contributed by atoms with van der Waals surface area (Å²) in [6.45, 7) is -0.244. The average molecular weight is 434 g/mol. The van der Waals surface area contributed by atoms with Gasteiger partial charge < -0.3 is 10.1 Å². The Balaban J connectivity index is 2.03. The monoisotopic (exact) mass is 433 g/mol. The molecule has 2 aromatic rings. The van der Waals surface area contributed by atoms with Crippen LogP contribution < -0.4 is 5.32 Å². The van der Waals surface area contributed by atoms with Gasteiger partial charge in [-0.05, 0) is 19.1 Å². The number of ether oxygens (including phenoxy) is 1. The number of rotatable bonds is 4. The highest BCUT2D eigenvalue weighted by Gasteiger charge is 2.35. The SMILES string of the molecule is CC1=C(C(=O)OCC(F)(F)F)C(c2ccc(F)cc2Cl)N=C(c2nccs2)N1. The fraction of sp³-hybridized carbons (Fsp3) is 0.235. The van der Waals surface area contributed by atoms with Gasteiger partial charge in [0.25, 0.3) is 0 Å². The molecule has 0 saturated carbocycles. The predicted octanol–water partition coefficient (Wildman–Crippen LogP) is 4.41. The van der Waals surface area contributed by atoms with E-state index in [0.717, 1.165) is 12.1 Å². The number of nitrogens with one attached hydrogen (secondary N) is 1. The normalized spacial score (nSPS) is 17.2. The van der Waals surface area contributed by atoms with Crippen molar-refractivity contribution in [3.63, 3.8) is 0 Å². The minimum atomic E-state index is -4.68. The van der Waals surface area contributed by atoms with Crippen LogP contribution in [0.15, 0.2) is 46.0 Å². The maximum Gasteiger partial charge on any atom is 0.422 e. The Kier molecular flexibility index (Phi) is 5.71. The number of esters is 1. The van der Waals surface area contributed by atoms with Crippen LogP contribution in [-0.4, -0.2) is 29.6 Å². The molecule has 1 aromatic heterocycles. The van der Waals surface area contributed by atoms with Crippen LogP contribution in [0.5, 0.6) is 0 Å². The van der Waals surface area contributed by atoms with E-state index in [4.69, 9.17) is 11.6 Å². The van der Waals surface area contributed by atoms with Crippen molar-refractivity contribution >= 4 is 34.7 Å². The summed E-state index contributed by atoms with van der Waals surface area (Å²) in [6, 6.07) is 2.39. The minimum Gasteiger partial charge on any atom is -0.453 e. The zero-order valence-electron chi connectivity index (χ0n) is 14.2. The molecule has 28 heavy (non-hydrogen) atoms. The number of carbonyl (C=O) groups is 1. The molecule has 1 unspecified atom stereocenters.